The van der Waals surface area contributed by atoms with Crippen LogP contribution in [0.25, 0.3) is 0 Å². The van der Waals surface area contributed by atoms with Gasteiger partial charge in [0.25, 0.3) is 0 Å². The molecule has 0 amide bonds. The summed E-state index contributed by atoms with van der Waals surface area (Å²) in [6, 6.07) is 6.25. The Morgan fingerprint density at radius 1 is 1.29 bits per heavy atom. The SMILES string of the molecule is CCCCOc1ccc(Cl)ccc1=O. The number of halogens is 1. The molecule has 0 N–H and O–H groups in total. The second-order valence-electron chi connectivity index (χ2n) is 2.98. The highest BCUT2D eigenvalue weighted by Gasteiger charge is 1.97. The van der Waals surface area contributed by atoms with E-state index in [2.05, 4.69) is 6.92 Å². The molecule has 0 fully saturated rings. The van der Waals surface area contributed by atoms with Gasteiger partial charge >= 0.3 is 0 Å². The van der Waals surface area contributed by atoms with E-state index in [1.54, 1.807) is 18.2 Å². The van der Waals surface area contributed by atoms with Crippen molar-refractivity contribution in [2.45, 2.75) is 19.8 Å². The fraction of sp³-hybridized carbons (Fsp3) is 0.364. The molecule has 0 saturated heterocycles. The number of rotatable bonds is 4. The molecule has 1 aromatic carbocycles. The molecule has 14 heavy (non-hydrogen) atoms. The molecule has 0 atom stereocenters. The lowest BCUT2D eigenvalue weighted by Crippen LogP contribution is -2.05. The molecule has 0 aliphatic carbocycles. The van der Waals surface area contributed by atoms with Crippen molar-refractivity contribution in [1.82, 2.24) is 0 Å². The molecule has 76 valence electrons. The molecular formula is C11H13ClO2. The first-order valence-corrected chi connectivity index (χ1v) is 5.04. The number of hydrogen-bond donors (Lipinski definition) is 0. The van der Waals surface area contributed by atoms with Crippen LogP contribution >= 0.6 is 11.6 Å². The predicted molar refractivity (Wildman–Crippen MR) is 58.1 cm³/mol. The van der Waals surface area contributed by atoms with Gasteiger partial charge in [-0.25, -0.2) is 0 Å². The van der Waals surface area contributed by atoms with Crippen molar-refractivity contribution in [1.29, 1.82) is 0 Å². The fourth-order valence-corrected chi connectivity index (χ4v) is 1.10. The Kier molecular flexibility index (Phi) is 4.47. The third-order valence-electron chi connectivity index (χ3n) is 1.79. The summed E-state index contributed by atoms with van der Waals surface area (Å²) in [5.41, 5.74) is -0.131. The zero-order valence-corrected chi connectivity index (χ0v) is 8.88. The molecule has 1 rings (SSSR count). The third kappa shape index (κ3) is 3.38. The van der Waals surface area contributed by atoms with Crippen molar-refractivity contribution in [3.63, 3.8) is 0 Å². The first-order chi connectivity index (χ1) is 6.74. The monoisotopic (exact) mass is 212 g/mol. The predicted octanol–water partition coefficient (Wildman–Crippen LogP) is 2.88. The molecular weight excluding hydrogens is 200 g/mol. The van der Waals surface area contributed by atoms with E-state index in [0.29, 0.717) is 17.4 Å². The summed E-state index contributed by atoms with van der Waals surface area (Å²) >= 11 is 5.73. The quantitative estimate of drug-likeness (QED) is 0.718. The summed E-state index contributed by atoms with van der Waals surface area (Å²) in [6.45, 7) is 2.65. The standard InChI is InChI=1S/C11H13ClO2/c1-2-3-8-14-11-7-5-9(12)4-6-10(11)13/h4-7H,2-3,8H2,1H3. The van der Waals surface area contributed by atoms with Gasteiger partial charge in [0, 0.05) is 5.02 Å². The summed E-state index contributed by atoms with van der Waals surface area (Å²) in [6.07, 6.45) is 2.00. The molecule has 0 saturated carbocycles. The summed E-state index contributed by atoms with van der Waals surface area (Å²) < 4.78 is 5.32. The Bertz CT molecular complexity index is 350. The molecule has 0 spiro atoms. The van der Waals surface area contributed by atoms with E-state index in [1.807, 2.05) is 0 Å². The minimum Gasteiger partial charge on any atom is -0.489 e. The van der Waals surface area contributed by atoms with Gasteiger partial charge in [-0.15, -0.1) is 0 Å². The van der Waals surface area contributed by atoms with Crippen molar-refractivity contribution >= 4 is 11.6 Å². The van der Waals surface area contributed by atoms with Crippen LogP contribution in [0.4, 0.5) is 0 Å². The molecule has 0 unspecified atom stereocenters. The highest BCUT2D eigenvalue weighted by atomic mass is 35.5. The molecule has 3 heteroatoms. The van der Waals surface area contributed by atoms with Crippen molar-refractivity contribution in [3.05, 3.63) is 39.5 Å². The lowest BCUT2D eigenvalue weighted by Gasteiger charge is -2.00. The second-order valence-corrected chi connectivity index (χ2v) is 3.42. The van der Waals surface area contributed by atoms with Crippen LogP contribution in [0.15, 0.2) is 29.1 Å². The largest absolute Gasteiger partial charge is 0.489 e. The summed E-state index contributed by atoms with van der Waals surface area (Å²) in [5.74, 6) is 0.366. The van der Waals surface area contributed by atoms with Crippen molar-refractivity contribution in [2.24, 2.45) is 0 Å². The first kappa shape index (κ1) is 11.1. The van der Waals surface area contributed by atoms with Gasteiger partial charge in [-0.05, 0) is 30.7 Å². The van der Waals surface area contributed by atoms with E-state index in [1.165, 1.54) is 6.07 Å². The summed E-state index contributed by atoms with van der Waals surface area (Å²) in [5, 5.41) is 0.535. The van der Waals surface area contributed by atoms with Crippen LogP contribution in [0.1, 0.15) is 19.8 Å². The van der Waals surface area contributed by atoms with Gasteiger partial charge in [-0.2, -0.15) is 0 Å². The molecule has 0 radical (unpaired) electrons. The smallest absolute Gasteiger partial charge is 0.220 e. The minimum absolute atomic E-state index is 0.131. The molecule has 0 aliphatic rings. The topological polar surface area (TPSA) is 26.3 Å². The average Bonchev–Trinajstić information content (AvgIpc) is 2.33. The Labute approximate surface area is 88.5 Å². The highest BCUT2D eigenvalue weighted by Crippen LogP contribution is 2.08. The van der Waals surface area contributed by atoms with E-state index in [-0.39, 0.29) is 5.43 Å². The Morgan fingerprint density at radius 3 is 2.71 bits per heavy atom. The van der Waals surface area contributed by atoms with Crippen molar-refractivity contribution in [3.8, 4) is 5.75 Å². The van der Waals surface area contributed by atoms with Gasteiger partial charge in [0.1, 0.15) is 0 Å². The maximum atomic E-state index is 11.4. The molecule has 1 aromatic rings. The zero-order valence-electron chi connectivity index (χ0n) is 8.13. The van der Waals surface area contributed by atoms with Gasteiger partial charge < -0.3 is 4.74 Å². The number of ether oxygens (including phenoxy) is 1. The highest BCUT2D eigenvalue weighted by molar-refractivity contribution is 6.30. The van der Waals surface area contributed by atoms with Gasteiger partial charge in [-0.3, -0.25) is 4.79 Å². The average molecular weight is 213 g/mol. The first-order valence-electron chi connectivity index (χ1n) is 4.66. The zero-order chi connectivity index (χ0) is 10.4. The van der Waals surface area contributed by atoms with E-state index in [4.69, 9.17) is 16.3 Å². The maximum Gasteiger partial charge on any atom is 0.220 e. The summed E-state index contributed by atoms with van der Waals surface area (Å²) in [7, 11) is 0. The van der Waals surface area contributed by atoms with Crippen LogP contribution in [-0.2, 0) is 0 Å². The van der Waals surface area contributed by atoms with Crippen molar-refractivity contribution < 1.29 is 4.74 Å². The van der Waals surface area contributed by atoms with E-state index in [0.717, 1.165) is 12.8 Å². The lowest BCUT2D eigenvalue weighted by atomic mass is 10.3. The lowest BCUT2D eigenvalue weighted by molar-refractivity contribution is 0.307. The maximum absolute atomic E-state index is 11.4. The number of unbranched alkanes of at least 4 members (excludes halogenated alkanes) is 1. The number of hydrogen-bond acceptors (Lipinski definition) is 2. The van der Waals surface area contributed by atoms with Crippen LogP contribution in [0, 0.1) is 0 Å². The van der Waals surface area contributed by atoms with Gasteiger partial charge in [0.15, 0.2) is 5.75 Å². The van der Waals surface area contributed by atoms with E-state index in [9.17, 15) is 4.79 Å². The van der Waals surface area contributed by atoms with Gasteiger partial charge in [0.2, 0.25) is 5.43 Å². The van der Waals surface area contributed by atoms with E-state index < -0.39 is 0 Å². The van der Waals surface area contributed by atoms with Crippen LogP contribution in [0.5, 0.6) is 5.75 Å². The minimum atomic E-state index is -0.131. The molecule has 0 bridgehead atoms. The van der Waals surface area contributed by atoms with Gasteiger partial charge in [-0.1, -0.05) is 24.9 Å². The fourth-order valence-electron chi connectivity index (χ4n) is 0.976. The van der Waals surface area contributed by atoms with Gasteiger partial charge in [0.05, 0.1) is 6.61 Å². The van der Waals surface area contributed by atoms with Crippen molar-refractivity contribution in [2.75, 3.05) is 6.61 Å². The van der Waals surface area contributed by atoms with Crippen LogP contribution < -0.4 is 10.2 Å². The van der Waals surface area contributed by atoms with Crippen LogP contribution in [-0.4, -0.2) is 6.61 Å². The third-order valence-corrected chi connectivity index (χ3v) is 2.04. The molecule has 0 aromatic heterocycles. The van der Waals surface area contributed by atoms with Crippen LogP contribution in [0.2, 0.25) is 5.02 Å². The van der Waals surface area contributed by atoms with E-state index >= 15 is 0 Å². The Hall–Kier alpha value is -1.02. The Balaban J connectivity index is 2.77. The molecule has 0 aliphatic heterocycles. The van der Waals surface area contributed by atoms with Crippen LogP contribution in [0.3, 0.4) is 0 Å². The summed E-state index contributed by atoms with van der Waals surface area (Å²) in [4.78, 5) is 11.4. The molecule has 0 heterocycles. The molecule has 2 nitrogen and oxygen atoms in total. The second kappa shape index (κ2) is 5.66. The normalized spacial score (nSPS) is 9.86. The Morgan fingerprint density at radius 2 is 2.00 bits per heavy atom.